The summed E-state index contributed by atoms with van der Waals surface area (Å²) in [7, 11) is 0. The van der Waals surface area contributed by atoms with Crippen LogP contribution < -0.4 is 0 Å². The third-order valence-electron chi connectivity index (χ3n) is 2.47. The average molecular weight is 242 g/mol. The van der Waals surface area contributed by atoms with E-state index in [1.54, 1.807) is 11.3 Å². The molecule has 0 unspecified atom stereocenters. The number of rotatable bonds is 2. The van der Waals surface area contributed by atoms with Gasteiger partial charge in [0.05, 0.1) is 6.20 Å². The SMILES string of the molecule is Cc1nnc(-c2cccc(-c3cn[nH]c3)c2)s1. The fraction of sp³-hybridized carbons (Fsp3) is 0.0833. The predicted molar refractivity (Wildman–Crippen MR) is 67.7 cm³/mol. The molecular formula is C12H10N4S. The Morgan fingerprint density at radius 1 is 1.12 bits per heavy atom. The zero-order valence-corrected chi connectivity index (χ0v) is 10.0. The van der Waals surface area contributed by atoms with Gasteiger partial charge in [0.2, 0.25) is 0 Å². The molecule has 0 fully saturated rings. The van der Waals surface area contributed by atoms with E-state index in [0.29, 0.717) is 0 Å². The Labute approximate surface area is 102 Å². The first kappa shape index (κ1) is 10.2. The summed E-state index contributed by atoms with van der Waals surface area (Å²) in [6, 6.07) is 8.23. The molecule has 0 radical (unpaired) electrons. The maximum absolute atomic E-state index is 4.15. The van der Waals surface area contributed by atoms with Crippen LogP contribution in [0.25, 0.3) is 21.7 Å². The Bertz CT molecular complexity index is 628. The molecule has 2 aromatic heterocycles. The molecule has 0 aliphatic heterocycles. The Morgan fingerprint density at radius 3 is 2.71 bits per heavy atom. The van der Waals surface area contributed by atoms with Gasteiger partial charge in [0.1, 0.15) is 10.0 Å². The lowest BCUT2D eigenvalue weighted by Crippen LogP contribution is -1.79. The molecule has 0 spiro atoms. The van der Waals surface area contributed by atoms with Gasteiger partial charge in [-0.05, 0) is 18.6 Å². The van der Waals surface area contributed by atoms with Crippen molar-refractivity contribution in [3.8, 4) is 21.7 Å². The normalized spacial score (nSPS) is 10.6. The van der Waals surface area contributed by atoms with Gasteiger partial charge >= 0.3 is 0 Å². The van der Waals surface area contributed by atoms with Gasteiger partial charge in [0, 0.05) is 17.3 Å². The maximum atomic E-state index is 4.15. The van der Waals surface area contributed by atoms with Crippen molar-refractivity contribution in [3.05, 3.63) is 41.7 Å². The second-order valence-corrected chi connectivity index (χ2v) is 4.88. The Morgan fingerprint density at radius 2 is 2.00 bits per heavy atom. The molecule has 1 N–H and O–H groups in total. The van der Waals surface area contributed by atoms with Crippen molar-refractivity contribution in [2.24, 2.45) is 0 Å². The predicted octanol–water partition coefficient (Wildman–Crippen LogP) is 2.90. The number of aromatic nitrogens is 4. The molecule has 84 valence electrons. The van der Waals surface area contributed by atoms with E-state index in [1.807, 2.05) is 31.5 Å². The van der Waals surface area contributed by atoms with Gasteiger partial charge in [-0.2, -0.15) is 5.10 Å². The van der Waals surface area contributed by atoms with Gasteiger partial charge < -0.3 is 0 Å². The molecule has 17 heavy (non-hydrogen) atoms. The first-order chi connectivity index (χ1) is 8.33. The summed E-state index contributed by atoms with van der Waals surface area (Å²) in [4.78, 5) is 0. The molecule has 0 amide bonds. The van der Waals surface area contributed by atoms with E-state index in [1.165, 1.54) is 0 Å². The first-order valence-corrected chi connectivity index (χ1v) is 6.04. The molecule has 0 atom stereocenters. The van der Waals surface area contributed by atoms with E-state index in [4.69, 9.17) is 0 Å². The Balaban J connectivity index is 2.05. The van der Waals surface area contributed by atoms with Crippen LogP contribution in [0.1, 0.15) is 5.01 Å². The molecule has 0 bridgehead atoms. The number of H-pyrrole nitrogens is 1. The van der Waals surface area contributed by atoms with Gasteiger partial charge in [0.15, 0.2) is 0 Å². The number of aromatic amines is 1. The molecule has 3 aromatic rings. The third-order valence-corrected chi connectivity index (χ3v) is 3.35. The van der Waals surface area contributed by atoms with Gasteiger partial charge in [-0.15, -0.1) is 10.2 Å². The topological polar surface area (TPSA) is 54.5 Å². The molecule has 2 heterocycles. The van der Waals surface area contributed by atoms with Crippen molar-refractivity contribution in [1.82, 2.24) is 20.4 Å². The van der Waals surface area contributed by atoms with Crippen molar-refractivity contribution < 1.29 is 0 Å². The molecule has 0 aliphatic carbocycles. The highest BCUT2D eigenvalue weighted by atomic mass is 32.1. The second-order valence-electron chi connectivity index (χ2n) is 3.69. The minimum Gasteiger partial charge on any atom is -0.285 e. The summed E-state index contributed by atoms with van der Waals surface area (Å²) in [5.41, 5.74) is 3.30. The van der Waals surface area contributed by atoms with E-state index in [2.05, 4.69) is 32.5 Å². The van der Waals surface area contributed by atoms with E-state index >= 15 is 0 Å². The summed E-state index contributed by atoms with van der Waals surface area (Å²) in [6.45, 7) is 1.96. The summed E-state index contributed by atoms with van der Waals surface area (Å²) in [5.74, 6) is 0. The lowest BCUT2D eigenvalue weighted by molar-refractivity contribution is 1.05. The molecular weight excluding hydrogens is 232 g/mol. The van der Waals surface area contributed by atoms with Crippen molar-refractivity contribution in [2.45, 2.75) is 6.92 Å². The van der Waals surface area contributed by atoms with Crippen LogP contribution in [-0.4, -0.2) is 20.4 Å². The molecule has 5 heteroatoms. The fourth-order valence-electron chi connectivity index (χ4n) is 1.65. The van der Waals surface area contributed by atoms with Crippen molar-refractivity contribution in [2.75, 3.05) is 0 Å². The number of hydrogen-bond donors (Lipinski definition) is 1. The molecule has 0 saturated heterocycles. The van der Waals surface area contributed by atoms with Crippen LogP contribution in [0.2, 0.25) is 0 Å². The highest BCUT2D eigenvalue weighted by molar-refractivity contribution is 7.14. The first-order valence-electron chi connectivity index (χ1n) is 5.22. The molecule has 0 aliphatic rings. The van der Waals surface area contributed by atoms with E-state index in [-0.39, 0.29) is 0 Å². The number of nitrogens with zero attached hydrogens (tertiary/aromatic N) is 3. The van der Waals surface area contributed by atoms with Gasteiger partial charge in [-0.25, -0.2) is 0 Å². The summed E-state index contributed by atoms with van der Waals surface area (Å²) in [6.07, 6.45) is 3.69. The largest absolute Gasteiger partial charge is 0.285 e. The lowest BCUT2D eigenvalue weighted by Gasteiger charge is -1.99. The van der Waals surface area contributed by atoms with Crippen molar-refractivity contribution >= 4 is 11.3 Å². The number of benzene rings is 1. The summed E-state index contributed by atoms with van der Waals surface area (Å²) >= 11 is 1.60. The fourth-order valence-corrected chi connectivity index (χ4v) is 2.34. The lowest BCUT2D eigenvalue weighted by atomic mass is 10.1. The molecule has 1 aromatic carbocycles. The summed E-state index contributed by atoms with van der Waals surface area (Å²) < 4.78 is 0. The van der Waals surface area contributed by atoms with E-state index in [0.717, 1.165) is 26.7 Å². The summed E-state index contributed by atoms with van der Waals surface area (Å²) in [5, 5.41) is 16.9. The smallest absolute Gasteiger partial charge is 0.147 e. The molecule has 0 saturated carbocycles. The van der Waals surface area contributed by atoms with E-state index in [9.17, 15) is 0 Å². The maximum Gasteiger partial charge on any atom is 0.147 e. The Kier molecular flexibility index (Phi) is 2.45. The second kappa shape index (κ2) is 4.10. The zero-order chi connectivity index (χ0) is 11.7. The number of nitrogens with one attached hydrogen (secondary N) is 1. The van der Waals surface area contributed by atoms with Gasteiger partial charge in [-0.3, -0.25) is 5.10 Å². The Hall–Kier alpha value is -2.01. The highest BCUT2D eigenvalue weighted by Crippen LogP contribution is 2.27. The number of hydrogen-bond acceptors (Lipinski definition) is 4. The van der Waals surface area contributed by atoms with Crippen LogP contribution in [0.3, 0.4) is 0 Å². The monoisotopic (exact) mass is 242 g/mol. The van der Waals surface area contributed by atoms with Gasteiger partial charge in [-0.1, -0.05) is 29.5 Å². The van der Waals surface area contributed by atoms with Crippen LogP contribution >= 0.6 is 11.3 Å². The zero-order valence-electron chi connectivity index (χ0n) is 9.21. The van der Waals surface area contributed by atoms with E-state index < -0.39 is 0 Å². The van der Waals surface area contributed by atoms with Crippen molar-refractivity contribution in [3.63, 3.8) is 0 Å². The van der Waals surface area contributed by atoms with Crippen LogP contribution in [0.5, 0.6) is 0 Å². The minimum atomic E-state index is 0.952. The van der Waals surface area contributed by atoms with Crippen molar-refractivity contribution in [1.29, 1.82) is 0 Å². The standard InChI is InChI=1S/C12H10N4S/c1-8-15-16-12(17-8)10-4-2-3-9(5-10)11-6-13-14-7-11/h2-7H,1H3,(H,13,14). The van der Waals surface area contributed by atoms with Crippen LogP contribution in [-0.2, 0) is 0 Å². The minimum absolute atomic E-state index is 0.952. The third kappa shape index (κ3) is 1.97. The quantitative estimate of drug-likeness (QED) is 0.751. The molecule has 3 rings (SSSR count). The van der Waals surface area contributed by atoms with Crippen LogP contribution in [0, 0.1) is 6.92 Å². The van der Waals surface area contributed by atoms with Gasteiger partial charge in [0.25, 0.3) is 0 Å². The average Bonchev–Trinajstić information content (AvgIpc) is 3.00. The number of aryl methyl sites for hydroxylation is 1. The highest BCUT2D eigenvalue weighted by Gasteiger charge is 2.06. The van der Waals surface area contributed by atoms with Crippen LogP contribution in [0.4, 0.5) is 0 Å². The molecule has 4 nitrogen and oxygen atoms in total. The van der Waals surface area contributed by atoms with Crippen LogP contribution in [0.15, 0.2) is 36.7 Å².